The Morgan fingerprint density at radius 2 is 1.72 bits per heavy atom. The summed E-state index contributed by atoms with van der Waals surface area (Å²) in [6, 6.07) is 9.70. The normalized spacial score (nSPS) is 12.9. The molecule has 0 spiro atoms. The summed E-state index contributed by atoms with van der Waals surface area (Å²) in [4.78, 5) is 47.5. The number of carbonyl (C=O) groups excluding carboxylic acids is 3. The third kappa shape index (κ3) is 3.20. The molecule has 1 aliphatic heterocycles. The van der Waals surface area contributed by atoms with Crippen molar-refractivity contribution < 1.29 is 19.3 Å². The molecule has 2 aromatic rings. The third-order valence-electron chi connectivity index (χ3n) is 3.59. The Labute approximate surface area is 146 Å². The van der Waals surface area contributed by atoms with Crippen molar-refractivity contribution in [2.24, 2.45) is 0 Å². The van der Waals surface area contributed by atoms with Gasteiger partial charge < -0.3 is 5.32 Å². The van der Waals surface area contributed by atoms with E-state index in [-0.39, 0.29) is 16.8 Å². The Bertz CT molecular complexity index is 910. The summed E-state index contributed by atoms with van der Waals surface area (Å²) in [5.41, 5.74) is 0.113. The van der Waals surface area contributed by atoms with Crippen molar-refractivity contribution in [2.45, 2.75) is 0 Å². The van der Waals surface area contributed by atoms with Crippen molar-refractivity contribution in [3.63, 3.8) is 0 Å². The van der Waals surface area contributed by atoms with Crippen LogP contribution in [0.3, 0.4) is 0 Å². The topological polar surface area (TPSA) is 110 Å². The van der Waals surface area contributed by atoms with E-state index >= 15 is 0 Å². The molecule has 0 saturated carbocycles. The van der Waals surface area contributed by atoms with E-state index in [1.54, 1.807) is 24.3 Å². The second-order valence-electron chi connectivity index (χ2n) is 5.24. The fraction of sp³-hybridized carbons (Fsp3) is 0.0625. The van der Waals surface area contributed by atoms with Gasteiger partial charge in [0.15, 0.2) is 0 Å². The standard InChI is InChI=1S/C16H10ClN3O5/c17-9-1-3-10(4-2-9)18-14(21)8-19-15(22)12-6-5-11(20(24)25)7-13(12)16(19)23/h1-7H,8H2,(H,18,21). The second kappa shape index (κ2) is 6.33. The van der Waals surface area contributed by atoms with Crippen LogP contribution in [0.1, 0.15) is 20.7 Å². The van der Waals surface area contributed by atoms with Crippen molar-refractivity contribution in [1.29, 1.82) is 0 Å². The number of anilines is 1. The number of benzene rings is 2. The van der Waals surface area contributed by atoms with Crippen LogP contribution in [-0.2, 0) is 4.79 Å². The molecular weight excluding hydrogens is 350 g/mol. The number of non-ortho nitro benzene ring substituents is 1. The number of nitrogens with zero attached hydrogens (tertiary/aromatic N) is 2. The number of rotatable bonds is 4. The van der Waals surface area contributed by atoms with Crippen LogP contribution in [0.2, 0.25) is 5.02 Å². The smallest absolute Gasteiger partial charge is 0.270 e. The molecule has 0 bridgehead atoms. The summed E-state index contributed by atoms with van der Waals surface area (Å²) in [6.45, 7) is -0.497. The molecule has 0 radical (unpaired) electrons. The van der Waals surface area contributed by atoms with E-state index in [0.29, 0.717) is 10.7 Å². The van der Waals surface area contributed by atoms with Gasteiger partial charge in [-0.3, -0.25) is 29.4 Å². The average Bonchev–Trinajstić information content (AvgIpc) is 2.81. The summed E-state index contributed by atoms with van der Waals surface area (Å²) < 4.78 is 0. The number of halogens is 1. The van der Waals surface area contributed by atoms with Gasteiger partial charge in [-0.2, -0.15) is 0 Å². The minimum atomic E-state index is -0.741. The molecule has 0 atom stereocenters. The summed E-state index contributed by atoms with van der Waals surface area (Å²) in [7, 11) is 0. The lowest BCUT2D eigenvalue weighted by molar-refractivity contribution is -0.384. The number of hydrogen-bond acceptors (Lipinski definition) is 5. The molecule has 9 heteroatoms. The van der Waals surface area contributed by atoms with Gasteiger partial charge in [0.25, 0.3) is 17.5 Å². The SMILES string of the molecule is O=C(CN1C(=O)c2ccc([N+](=O)[O-])cc2C1=O)Nc1ccc(Cl)cc1. The number of nitrogens with one attached hydrogen (secondary N) is 1. The molecule has 8 nitrogen and oxygen atoms in total. The largest absolute Gasteiger partial charge is 0.325 e. The van der Waals surface area contributed by atoms with Gasteiger partial charge in [-0.15, -0.1) is 0 Å². The Morgan fingerprint density at radius 3 is 2.36 bits per heavy atom. The average molecular weight is 360 g/mol. The number of nitro benzene ring substituents is 1. The molecule has 1 N–H and O–H groups in total. The lowest BCUT2D eigenvalue weighted by Crippen LogP contribution is -2.37. The highest BCUT2D eigenvalue weighted by atomic mass is 35.5. The molecule has 0 saturated heterocycles. The maximum absolute atomic E-state index is 12.3. The predicted octanol–water partition coefficient (Wildman–Crippen LogP) is 2.48. The molecule has 0 aromatic heterocycles. The van der Waals surface area contributed by atoms with E-state index in [1.807, 2.05) is 0 Å². The van der Waals surface area contributed by atoms with Crippen molar-refractivity contribution in [2.75, 3.05) is 11.9 Å². The quantitative estimate of drug-likeness (QED) is 0.512. The Hall–Kier alpha value is -3.26. The first-order valence-electron chi connectivity index (χ1n) is 7.07. The zero-order valence-electron chi connectivity index (χ0n) is 12.6. The first-order valence-corrected chi connectivity index (χ1v) is 7.44. The van der Waals surface area contributed by atoms with E-state index in [1.165, 1.54) is 6.07 Å². The number of amides is 3. The lowest BCUT2D eigenvalue weighted by atomic mass is 10.1. The number of hydrogen-bond donors (Lipinski definition) is 1. The third-order valence-corrected chi connectivity index (χ3v) is 3.85. The first kappa shape index (κ1) is 16.6. The van der Waals surface area contributed by atoms with Crippen LogP contribution in [0.5, 0.6) is 0 Å². The summed E-state index contributed by atoms with van der Waals surface area (Å²) in [5, 5.41) is 13.8. The maximum Gasteiger partial charge on any atom is 0.270 e. The van der Waals surface area contributed by atoms with Gasteiger partial charge in [-0.1, -0.05) is 11.6 Å². The van der Waals surface area contributed by atoms with Gasteiger partial charge in [0, 0.05) is 22.8 Å². The summed E-state index contributed by atoms with van der Waals surface area (Å²) in [6.07, 6.45) is 0. The molecule has 3 amide bonds. The summed E-state index contributed by atoms with van der Waals surface area (Å²) >= 11 is 5.75. The van der Waals surface area contributed by atoms with E-state index in [9.17, 15) is 24.5 Å². The molecule has 126 valence electrons. The van der Waals surface area contributed by atoms with Gasteiger partial charge in [0.05, 0.1) is 16.1 Å². The van der Waals surface area contributed by atoms with Crippen LogP contribution in [0.25, 0.3) is 0 Å². The lowest BCUT2D eigenvalue weighted by Gasteiger charge is -2.13. The number of fused-ring (bicyclic) bond motifs is 1. The molecule has 2 aromatic carbocycles. The van der Waals surface area contributed by atoms with Crippen LogP contribution < -0.4 is 5.32 Å². The van der Waals surface area contributed by atoms with Crippen molar-refractivity contribution in [1.82, 2.24) is 4.90 Å². The predicted molar refractivity (Wildman–Crippen MR) is 88.5 cm³/mol. The van der Waals surface area contributed by atoms with E-state index < -0.39 is 29.2 Å². The molecule has 1 heterocycles. The Balaban J connectivity index is 1.76. The van der Waals surface area contributed by atoms with Gasteiger partial charge in [-0.25, -0.2) is 0 Å². The van der Waals surface area contributed by atoms with Gasteiger partial charge in [-0.05, 0) is 30.3 Å². The number of imide groups is 1. The molecule has 0 unspecified atom stereocenters. The zero-order chi connectivity index (χ0) is 18.1. The van der Waals surface area contributed by atoms with Gasteiger partial charge in [0.1, 0.15) is 6.54 Å². The Kier molecular flexibility index (Phi) is 4.20. The van der Waals surface area contributed by atoms with Crippen LogP contribution in [0.4, 0.5) is 11.4 Å². The zero-order valence-corrected chi connectivity index (χ0v) is 13.3. The Morgan fingerprint density at radius 1 is 1.08 bits per heavy atom. The van der Waals surface area contributed by atoms with Gasteiger partial charge >= 0.3 is 0 Å². The molecule has 0 fully saturated rings. The molecule has 3 rings (SSSR count). The number of carbonyl (C=O) groups is 3. The van der Waals surface area contributed by atoms with Crippen LogP contribution in [-0.4, -0.2) is 34.1 Å². The van der Waals surface area contributed by atoms with E-state index in [0.717, 1.165) is 17.0 Å². The molecular formula is C16H10ClN3O5. The first-order chi connectivity index (χ1) is 11.9. The minimum Gasteiger partial charge on any atom is -0.325 e. The highest BCUT2D eigenvalue weighted by Crippen LogP contribution is 2.26. The highest BCUT2D eigenvalue weighted by Gasteiger charge is 2.37. The van der Waals surface area contributed by atoms with E-state index in [2.05, 4.69) is 5.32 Å². The van der Waals surface area contributed by atoms with Crippen LogP contribution in [0, 0.1) is 10.1 Å². The fourth-order valence-electron chi connectivity index (χ4n) is 2.41. The minimum absolute atomic E-state index is 0.0369. The van der Waals surface area contributed by atoms with Gasteiger partial charge in [0.2, 0.25) is 5.91 Å². The second-order valence-corrected chi connectivity index (χ2v) is 5.67. The molecule has 0 aliphatic carbocycles. The van der Waals surface area contributed by atoms with Crippen LogP contribution in [0.15, 0.2) is 42.5 Å². The monoisotopic (exact) mass is 359 g/mol. The van der Waals surface area contributed by atoms with E-state index in [4.69, 9.17) is 11.6 Å². The highest BCUT2D eigenvalue weighted by molar-refractivity contribution is 6.30. The summed E-state index contributed by atoms with van der Waals surface area (Å²) in [5.74, 6) is -1.98. The molecule has 1 aliphatic rings. The molecule has 25 heavy (non-hydrogen) atoms. The van der Waals surface area contributed by atoms with Crippen molar-refractivity contribution >= 4 is 40.7 Å². The van der Waals surface area contributed by atoms with Crippen LogP contribution >= 0.6 is 11.6 Å². The van der Waals surface area contributed by atoms with Crippen molar-refractivity contribution in [3.8, 4) is 0 Å². The maximum atomic E-state index is 12.3. The fourth-order valence-corrected chi connectivity index (χ4v) is 2.54. The number of nitro groups is 1. The van der Waals surface area contributed by atoms with Crippen molar-refractivity contribution in [3.05, 3.63) is 68.7 Å².